The minimum absolute atomic E-state index is 0.0887. The van der Waals surface area contributed by atoms with Crippen molar-refractivity contribution >= 4 is 46.5 Å². The van der Waals surface area contributed by atoms with E-state index in [1.165, 1.54) is 29.8 Å². The van der Waals surface area contributed by atoms with Crippen LogP contribution < -0.4 is 15.5 Å². The number of nitrogens with one attached hydrogen (secondary N) is 2. The molecule has 10 nitrogen and oxygen atoms in total. The summed E-state index contributed by atoms with van der Waals surface area (Å²) in [5.74, 6) is -1.49. The molecule has 0 bridgehead atoms. The van der Waals surface area contributed by atoms with Gasteiger partial charge in [-0.3, -0.25) is 24.1 Å². The van der Waals surface area contributed by atoms with Crippen molar-refractivity contribution in [3.8, 4) is 10.6 Å². The minimum atomic E-state index is -0.697. The molecule has 212 valence electrons. The van der Waals surface area contributed by atoms with E-state index in [0.29, 0.717) is 44.3 Å². The highest BCUT2D eigenvalue weighted by atomic mass is 32.1. The maximum atomic E-state index is 14.0. The zero-order valence-electron chi connectivity index (χ0n) is 22.7. The van der Waals surface area contributed by atoms with Crippen LogP contribution >= 0.6 is 11.3 Å². The lowest BCUT2D eigenvalue weighted by atomic mass is 10.0. The van der Waals surface area contributed by atoms with Crippen LogP contribution in [-0.4, -0.2) is 64.7 Å². The Morgan fingerprint density at radius 1 is 1.07 bits per heavy atom. The number of fused-ring (bicyclic) bond motifs is 2. The van der Waals surface area contributed by atoms with E-state index in [0.717, 1.165) is 9.78 Å². The van der Waals surface area contributed by atoms with Gasteiger partial charge in [0.05, 0.1) is 34.2 Å². The van der Waals surface area contributed by atoms with E-state index in [9.17, 15) is 23.6 Å². The summed E-state index contributed by atoms with van der Waals surface area (Å²) in [6, 6.07) is 13.6. The zero-order chi connectivity index (χ0) is 29.5. The van der Waals surface area contributed by atoms with Gasteiger partial charge in [0.25, 0.3) is 17.7 Å². The lowest BCUT2D eigenvalue weighted by molar-refractivity contribution is -0.115. The Labute approximate surface area is 244 Å². The number of hydrogen-bond acceptors (Lipinski definition) is 8. The van der Waals surface area contributed by atoms with Crippen LogP contribution in [-0.2, 0) is 11.2 Å². The number of amides is 4. The Morgan fingerprint density at radius 2 is 1.81 bits per heavy atom. The summed E-state index contributed by atoms with van der Waals surface area (Å²) in [7, 11) is 1.77. The van der Waals surface area contributed by atoms with E-state index in [1.54, 1.807) is 54.4 Å². The van der Waals surface area contributed by atoms with E-state index >= 15 is 0 Å². The van der Waals surface area contributed by atoms with Gasteiger partial charge in [0.1, 0.15) is 23.5 Å². The number of rotatable bonds is 7. The first-order valence-electron chi connectivity index (χ1n) is 13.2. The van der Waals surface area contributed by atoms with E-state index in [1.807, 2.05) is 6.92 Å². The van der Waals surface area contributed by atoms with Crippen molar-refractivity contribution in [2.45, 2.75) is 19.4 Å². The first-order valence-corrected chi connectivity index (χ1v) is 14.0. The zero-order valence-corrected chi connectivity index (χ0v) is 23.5. The van der Waals surface area contributed by atoms with Crippen LogP contribution in [0.5, 0.6) is 0 Å². The predicted molar refractivity (Wildman–Crippen MR) is 155 cm³/mol. The Kier molecular flexibility index (Phi) is 6.99. The Morgan fingerprint density at radius 3 is 2.52 bits per heavy atom. The van der Waals surface area contributed by atoms with Gasteiger partial charge in [-0.05, 0) is 49.2 Å². The fraction of sp³-hybridized carbons (Fsp3) is 0.200. The van der Waals surface area contributed by atoms with Gasteiger partial charge in [0.2, 0.25) is 5.91 Å². The van der Waals surface area contributed by atoms with Gasteiger partial charge in [0, 0.05) is 18.5 Å². The number of likely N-dealkylation sites (N-methyl/N-ethyl adjacent to an activating group) is 1. The molecule has 2 aromatic heterocycles. The van der Waals surface area contributed by atoms with E-state index in [2.05, 4.69) is 20.6 Å². The SMILES string of the molecule is Cc1sc(-c2ncnc3c2N(C)CC(=O)N3)cc1C(=O)NC(Cc1cccc(F)c1)CN1C(=O)c2ccccc2C1=O. The van der Waals surface area contributed by atoms with Crippen LogP contribution in [0.15, 0.2) is 60.9 Å². The molecule has 12 heteroatoms. The topological polar surface area (TPSA) is 125 Å². The molecule has 1 unspecified atom stereocenters. The maximum absolute atomic E-state index is 14.0. The van der Waals surface area contributed by atoms with Crippen molar-refractivity contribution in [3.05, 3.63) is 93.9 Å². The summed E-state index contributed by atoms with van der Waals surface area (Å²) in [5, 5.41) is 5.73. The van der Waals surface area contributed by atoms with Gasteiger partial charge in [0.15, 0.2) is 5.82 Å². The third-order valence-electron chi connectivity index (χ3n) is 7.23. The molecule has 4 amide bonds. The van der Waals surface area contributed by atoms with Gasteiger partial charge >= 0.3 is 0 Å². The van der Waals surface area contributed by atoms with Crippen LogP contribution in [0.3, 0.4) is 0 Å². The summed E-state index contributed by atoms with van der Waals surface area (Å²) in [5.41, 5.74) is 2.86. The van der Waals surface area contributed by atoms with Crippen LogP contribution in [0, 0.1) is 12.7 Å². The molecule has 1 atom stereocenters. The summed E-state index contributed by atoms with van der Waals surface area (Å²) >= 11 is 1.37. The van der Waals surface area contributed by atoms with Gasteiger partial charge in [-0.2, -0.15) is 0 Å². The monoisotopic (exact) mass is 584 g/mol. The van der Waals surface area contributed by atoms with Crippen molar-refractivity contribution in [2.24, 2.45) is 0 Å². The second-order valence-electron chi connectivity index (χ2n) is 10.2. The molecular weight excluding hydrogens is 559 g/mol. The quantitative estimate of drug-likeness (QED) is 0.318. The molecule has 4 aromatic rings. The standard InChI is InChI=1S/C30H25FN6O4S/c1-16-22(12-23(42-16)25-26-27(33-15-32-25)35-24(38)14-36(26)2)28(39)34-19(11-17-6-5-7-18(31)10-17)13-37-29(40)20-8-3-4-9-21(20)30(37)41/h3-10,12,15,19H,11,13-14H2,1-2H3,(H,34,39)(H,32,33,35,38). The fourth-order valence-corrected chi connectivity index (χ4v) is 6.31. The van der Waals surface area contributed by atoms with Crippen molar-refractivity contribution in [1.29, 1.82) is 0 Å². The predicted octanol–water partition coefficient (Wildman–Crippen LogP) is 3.68. The number of carbonyl (C=O) groups excluding carboxylic acids is 4. The number of imide groups is 1. The van der Waals surface area contributed by atoms with Crippen molar-refractivity contribution in [2.75, 3.05) is 30.4 Å². The first-order chi connectivity index (χ1) is 20.2. The van der Waals surface area contributed by atoms with Gasteiger partial charge in [-0.1, -0.05) is 24.3 Å². The molecule has 0 fully saturated rings. The molecule has 42 heavy (non-hydrogen) atoms. The smallest absolute Gasteiger partial charge is 0.261 e. The molecule has 0 spiro atoms. The molecular formula is C30H25FN6O4S. The van der Waals surface area contributed by atoms with Crippen LogP contribution in [0.4, 0.5) is 15.9 Å². The largest absolute Gasteiger partial charge is 0.360 e. The molecule has 2 aliphatic rings. The number of anilines is 2. The van der Waals surface area contributed by atoms with Crippen LogP contribution in [0.25, 0.3) is 10.6 Å². The summed E-state index contributed by atoms with van der Waals surface area (Å²) in [6.45, 7) is 1.87. The number of nitrogens with zero attached hydrogens (tertiary/aromatic N) is 4. The number of thiophene rings is 1. The first kappa shape index (κ1) is 27.2. The summed E-state index contributed by atoms with van der Waals surface area (Å²) in [4.78, 5) is 64.7. The van der Waals surface area contributed by atoms with Crippen LogP contribution in [0.1, 0.15) is 41.5 Å². The number of carbonyl (C=O) groups is 4. The Bertz CT molecular complexity index is 1740. The highest BCUT2D eigenvalue weighted by Gasteiger charge is 2.37. The number of benzene rings is 2. The van der Waals surface area contributed by atoms with Crippen molar-refractivity contribution in [1.82, 2.24) is 20.2 Å². The Balaban J connectivity index is 1.28. The lowest BCUT2D eigenvalue weighted by Crippen LogP contribution is -2.47. The molecule has 6 rings (SSSR count). The third-order valence-corrected chi connectivity index (χ3v) is 8.28. The normalized spacial score (nSPS) is 14.9. The molecule has 2 N–H and O–H groups in total. The molecule has 0 aliphatic carbocycles. The second kappa shape index (κ2) is 10.8. The average Bonchev–Trinajstić information content (AvgIpc) is 3.46. The molecule has 0 saturated carbocycles. The van der Waals surface area contributed by atoms with Gasteiger partial charge < -0.3 is 15.5 Å². The molecule has 2 aromatic carbocycles. The van der Waals surface area contributed by atoms with E-state index < -0.39 is 29.6 Å². The maximum Gasteiger partial charge on any atom is 0.261 e. The fourth-order valence-electron chi connectivity index (χ4n) is 5.30. The Hall–Kier alpha value is -4.97. The number of hydrogen-bond donors (Lipinski definition) is 2. The minimum Gasteiger partial charge on any atom is -0.360 e. The second-order valence-corrected chi connectivity index (χ2v) is 11.4. The summed E-state index contributed by atoms with van der Waals surface area (Å²) < 4.78 is 14.0. The highest BCUT2D eigenvalue weighted by Crippen LogP contribution is 2.39. The van der Waals surface area contributed by atoms with Gasteiger partial charge in [-0.25, -0.2) is 14.4 Å². The molecule has 0 radical (unpaired) electrons. The van der Waals surface area contributed by atoms with Gasteiger partial charge in [-0.15, -0.1) is 11.3 Å². The molecule has 2 aliphatic heterocycles. The third kappa shape index (κ3) is 5.00. The highest BCUT2D eigenvalue weighted by molar-refractivity contribution is 7.15. The lowest BCUT2D eigenvalue weighted by Gasteiger charge is -2.27. The molecule has 4 heterocycles. The number of aryl methyl sites for hydroxylation is 1. The number of halogens is 1. The van der Waals surface area contributed by atoms with E-state index in [4.69, 9.17) is 0 Å². The molecule has 0 saturated heterocycles. The van der Waals surface area contributed by atoms with Crippen molar-refractivity contribution < 1.29 is 23.6 Å². The van der Waals surface area contributed by atoms with Crippen LogP contribution in [0.2, 0.25) is 0 Å². The van der Waals surface area contributed by atoms with E-state index in [-0.39, 0.29) is 25.4 Å². The number of aromatic nitrogens is 2. The van der Waals surface area contributed by atoms with Crippen molar-refractivity contribution in [3.63, 3.8) is 0 Å². The average molecular weight is 585 g/mol. The summed E-state index contributed by atoms with van der Waals surface area (Å²) in [6.07, 6.45) is 1.55.